The molecular weight excluding hydrogens is 566 g/mol. The van der Waals surface area contributed by atoms with E-state index in [1.54, 1.807) is 25.1 Å². The van der Waals surface area contributed by atoms with Crippen LogP contribution < -0.4 is 19.8 Å². The lowest BCUT2D eigenvalue weighted by Crippen LogP contribution is -2.39. The van der Waals surface area contributed by atoms with Crippen molar-refractivity contribution in [2.45, 2.75) is 62.3 Å². The van der Waals surface area contributed by atoms with Crippen LogP contribution >= 0.6 is 0 Å². The molecule has 12 heteroatoms. The Morgan fingerprint density at radius 1 is 0.976 bits per heavy atom. The highest BCUT2D eigenvalue weighted by atomic mass is 32.2. The van der Waals surface area contributed by atoms with Crippen molar-refractivity contribution in [1.82, 2.24) is 4.72 Å². The molecule has 6 rings (SSSR count). The standard InChI is InChI=1S/C30H36F2N4O5S/c1-20(19-37)34-42(39,40)23-2-3-24(25(18-23)35-11-7-29(5-6-29)8-12-35)28(38)33-22-16-21-4-15-41-27(21)26(17-22)36-13-9-30(31,32)10-14-36/h2-4,15-18,20,34,37H,5-14,19H2,1H3,(H,33,38)/t20-/m0/s1. The van der Waals surface area contributed by atoms with Crippen molar-refractivity contribution in [2.75, 3.05) is 47.9 Å². The average Bonchev–Trinajstić information content (AvgIpc) is 3.54. The van der Waals surface area contributed by atoms with Crippen molar-refractivity contribution in [2.24, 2.45) is 5.41 Å². The third-order valence-electron chi connectivity index (χ3n) is 8.90. The number of hydrogen-bond donors (Lipinski definition) is 3. The fraction of sp³-hybridized carbons (Fsp3) is 0.500. The van der Waals surface area contributed by atoms with Crippen LogP contribution in [0.5, 0.6) is 0 Å². The maximum Gasteiger partial charge on any atom is 0.257 e. The predicted molar refractivity (Wildman–Crippen MR) is 157 cm³/mol. The Hall–Kier alpha value is -3.22. The number of benzene rings is 2. The molecule has 1 amide bonds. The van der Waals surface area contributed by atoms with Gasteiger partial charge in [-0.3, -0.25) is 4.79 Å². The van der Waals surface area contributed by atoms with Crippen LogP contribution in [0.15, 0.2) is 52.0 Å². The van der Waals surface area contributed by atoms with Gasteiger partial charge in [-0.25, -0.2) is 21.9 Å². The second-order valence-corrected chi connectivity index (χ2v) is 13.7. The molecule has 1 saturated carbocycles. The number of alkyl halides is 2. The van der Waals surface area contributed by atoms with Gasteiger partial charge in [-0.15, -0.1) is 0 Å². The molecule has 9 nitrogen and oxygen atoms in total. The summed E-state index contributed by atoms with van der Waals surface area (Å²) in [7, 11) is -3.93. The lowest BCUT2D eigenvalue weighted by atomic mass is 9.93. The number of amides is 1. The molecule has 2 aromatic carbocycles. The van der Waals surface area contributed by atoms with Crippen molar-refractivity contribution in [1.29, 1.82) is 0 Å². The molecule has 0 radical (unpaired) electrons. The van der Waals surface area contributed by atoms with E-state index in [2.05, 4.69) is 14.9 Å². The number of anilines is 3. The molecule has 1 atom stereocenters. The van der Waals surface area contributed by atoms with Gasteiger partial charge in [-0.2, -0.15) is 0 Å². The molecule has 0 bridgehead atoms. The van der Waals surface area contributed by atoms with Gasteiger partial charge in [-0.1, -0.05) is 0 Å². The molecular formula is C30H36F2N4O5S. The first-order valence-electron chi connectivity index (χ1n) is 14.5. The summed E-state index contributed by atoms with van der Waals surface area (Å²) in [5.41, 5.74) is 2.95. The average molecular weight is 603 g/mol. The van der Waals surface area contributed by atoms with E-state index in [0.29, 0.717) is 33.6 Å². The lowest BCUT2D eigenvalue weighted by Gasteiger charge is -2.35. The van der Waals surface area contributed by atoms with E-state index < -0.39 is 27.9 Å². The number of rotatable bonds is 8. The van der Waals surface area contributed by atoms with Crippen LogP contribution in [-0.2, 0) is 10.0 Å². The van der Waals surface area contributed by atoms with Crippen LogP contribution in [0, 0.1) is 5.41 Å². The molecule has 0 unspecified atom stereocenters. The Morgan fingerprint density at radius 3 is 2.31 bits per heavy atom. The molecule has 1 aromatic heterocycles. The highest BCUT2D eigenvalue weighted by molar-refractivity contribution is 7.89. The van der Waals surface area contributed by atoms with Gasteiger partial charge in [0, 0.05) is 56.1 Å². The molecule has 3 heterocycles. The number of piperidine rings is 2. The first-order chi connectivity index (χ1) is 20.0. The molecule has 2 aliphatic heterocycles. The number of aliphatic hydroxyl groups excluding tert-OH is 1. The monoisotopic (exact) mass is 602 g/mol. The minimum absolute atomic E-state index is 0.0186. The minimum atomic E-state index is -3.93. The maximum absolute atomic E-state index is 13.8. The van der Waals surface area contributed by atoms with Crippen LogP contribution in [0.3, 0.4) is 0 Å². The van der Waals surface area contributed by atoms with Crippen LogP contribution in [-0.4, -0.2) is 64.2 Å². The van der Waals surface area contributed by atoms with Crippen LogP contribution in [0.4, 0.5) is 25.8 Å². The first-order valence-corrected chi connectivity index (χ1v) is 15.9. The number of carbonyl (C=O) groups is 1. The van der Waals surface area contributed by atoms with Crippen molar-refractivity contribution in [3.8, 4) is 0 Å². The smallest absolute Gasteiger partial charge is 0.257 e. The van der Waals surface area contributed by atoms with E-state index in [-0.39, 0.29) is 37.4 Å². The molecule has 3 aliphatic rings. The summed E-state index contributed by atoms with van der Waals surface area (Å²) in [4.78, 5) is 17.7. The lowest BCUT2D eigenvalue weighted by molar-refractivity contribution is -0.0220. The van der Waals surface area contributed by atoms with E-state index in [1.807, 2.05) is 4.90 Å². The summed E-state index contributed by atoms with van der Waals surface area (Å²) in [6.45, 7) is 2.99. The number of nitrogens with one attached hydrogen (secondary N) is 2. The molecule has 2 saturated heterocycles. The van der Waals surface area contributed by atoms with Crippen molar-refractivity contribution >= 4 is 44.0 Å². The highest BCUT2D eigenvalue weighted by Gasteiger charge is 2.45. The van der Waals surface area contributed by atoms with Crippen molar-refractivity contribution in [3.63, 3.8) is 0 Å². The maximum atomic E-state index is 13.8. The quantitative estimate of drug-likeness (QED) is 0.334. The summed E-state index contributed by atoms with van der Waals surface area (Å²) < 4.78 is 61.9. The SMILES string of the molecule is C[C@@H](CO)NS(=O)(=O)c1ccc(C(=O)Nc2cc(N3CCC(F)(F)CC3)c3occc3c2)c(N2CCC3(CC2)CC3)c1. The summed E-state index contributed by atoms with van der Waals surface area (Å²) in [5, 5.41) is 13.1. The van der Waals surface area contributed by atoms with Crippen LogP contribution in [0.2, 0.25) is 0 Å². The zero-order valence-electron chi connectivity index (χ0n) is 23.5. The highest BCUT2D eigenvalue weighted by Crippen LogP contribution is 2.54. The molecule has 1 spiro atoms. The van der Waals surface area contributed by atoms with Crippen molar-refractivity contribution in [3.05, 3.63) is 48.2 Å². The third kappa shape index (κ3) is 5.84. The zero-order chi connectivity index (χ0) is 29.7. The van der Waals surface area contributed by atoms with Gasteiger partial charge in [0.2, 0.25) is 10.0 Å². The largest absolute Gasteiger partial charge is 0.462 e. The van der Waals surface area contributed by atoms with E-state index in [4.69, 9.17) is 4.42 Å². The Bertz CT molecular complexity index is 1580. The Morgan fingerprint density at radius 2 is 1.64 bits per heavy atom. The van der Waals surface area contributed by atoms with Crippen LogP contribution in [0.1, 0.15) is 55.8 Å². The number of furan rings is 1. The zero-order valence-corrected chi connectivity index (χ0v) is 24.4. The summed E-state index contributed by atoms with van der Waals surface area (Å²) in [6, 6.07) is 9.07. The molecule has 3 N–H and O–H groups in total. The van der Waals surface area contributed by atoms with Gasteiger partial charge >= 0.3 is 0 Å². The first kappa shape index (κ1) is 28.9. The van der Waals surface area contributed by atoms with E-state index >= 15 is 0 Å². The topological polar surface area (TPSA) is 115 Å². The third-order valence-corrected chi connectivity index (χ3v) is 10.5. The molecule has 226 valence electrons. The van der Waals surface area contributed by atoms with E-state index in [9.17, 15) is 27.1 Å². The summed E-state index contributed by atoms with van der Waals surface area (Å²) in [6.07, 6.45) is 5.41. The van der Waals surface area contributed by atoms with Gasteiger partial charge in [0.25, 0.3) is 11.8 Å². The minimum Gasteiger partial charge on any atom is -0.462 e. The number of hydrogen-bond acceptors (Lipinski definition) is 7. The Labute approximate surface area is 243 Å². The van der Waals surface area contributed by atoms with Gasteiger partial charge in [-0.05, 0) is 74.4 Å². The van der Waals surface area contributed by atoms with Gasteiger partial charge in [0.05, 0.1) is 34.7 Å². The second kappa shape index (κ2) is 10.8. The number of carbonyl (C=O) groups excluding carboxylic acids is 1. The fourth-order valence-corrected chi connectivity index (χ4v) is 7.30. The molecule has 3 aromatic rings. The van der Waals surface area contributed by atoms with Crippen LogP contribution in [0.25, 0.3) is 11.0 Å². The summed E-state index contributed by atoms with van der Waals surface area (Å²) in [5.74, 6) is -3.10. The van der Waals surface area contributed by atoms with Gasteiger partial charge in [0.1, 0.15) is 0 Å². The fourth-order valence-electron chi connectivity index (χ4n) is 6.04. The molecule has 42 heavy (non-hydrogen) atoms. The number of aliphatic hydroxyl groups is 1. The number of fused-ring (bicyclic) bond motifs is 1. The van der Waals surface area contributed by atoms with Gasteiger partial charge < -0.3 is 24.6 Å². The second-order valence-electron chi connectivity index (χ2n) is 12.0. The number of halogens is 2. The van der Waals surface area contributed by atoms with E-state index in [1.165, 1.54) is 37.3 Å². The van der Waals surface area contributed by atoms with Crippen molar-refractivity contribution < 1.29 is 31.5 Å². The normalized spacial score (nSPS) is 20.6. The Balaban J connectivity index is 1.31. The van der Waals surface area contributed by atoms with E-state index in [0.717, 1.165) is 31.3 Å². The number of nitrogens with zero attached hydrogens (tertiary/aromatic N) is 2. The number of sulfonamides is 1. The molecule has 3 fully saturated rings. The molecule has 1 aliphatic carbocycles. The van der Waals surface area contributed by atoms with Gasteiger partial charge in [0.15, 0.2) is 5.58 Å². The predicted octanol–water partition coefficient (Wildman–Crippen LogP) is 4.96. The summed E-state index contributed by atoms with van der Waals surface area (Å²) >= 11 is 0. The Kier molecular flexibility index (Phi) is 7.43.